The van der Waals surface area contributed by atoms with Crippen molar-refractivity contribution in [2.24, 2.45) is 12.2 Å². The molecule has 1 unspecified atom stereocenters. The van der Waals surface area contributed by atoms with E-state index in [4.69, 9.17) is 21.2 Å². The molecule has 1 aromatic heterocycles. The fraction of sp³-hybridized carbons (Fsp3) is 0.368. The summed E-state index contributed by atoms with van der Waals surface area (Å²) in [5.41, 5.74) is -1.37. The van der Waals surface area contributed by atoms with Gasteiger partial charge in [0.15, 0.2) is 5.60 Å². The molecule has 0 amide bonds. The molecule has 0 N–H and O–H groups in total. The minimum Gasteiger partial charge on any atom is -0.461 e. The SMILES string of the molecule is CC(=O)OCC1(C)CC(c2cc(-n3c(=O)cc(C)n(C)c3=O)c(F)cc2Cl)=NO1. The number of halogens is 2. The Kier molecular flexibility index (Phi) is 5.36. The predicted molar refractivity (Wildman–Crippen MR) is 104 cm³/mol. The van der Waals surface area contributed by atoms with Crippen LogP contribution in [0.25, 0.3) is 5.69 Å². The van der Waals surface area contributed by atoms with Crippen molar-refractivity contribution in [3.05, 3.63) is 61.1 Å². The Hall–Kier alpha value is -2.94. The Morgan fingerprint density at radius 2 is 2.07 bits per heavy atom. The Morgan fingerprint density at radius 1 is 1.38 bits per heavy atom. The van der Waals surface area contributed by atoms with Gasteiger partial charge in [-0.1, -0.05) is 16.8 Å². The summed E-state index contributed by atoms with van der Waals surface area (Å²) in [4.78, 5) is 41.4. The molecule has 1 aliphatic rings. The monoisotopic (exact) mass is 423 g/mol. The van der Waals surface area contributed by atoms with Crippen LogP contribution < -0.4 is 11.2 Å². The second-order valence-electron chi connectivity index (χ2n) is 7.12. The highest BCUT2D eigenvalue weighted by Crippen LogP contribution is 2.31. The number of carbonyl (C=O) groups excluding carboxylic acids is 1. The summed E-state index contributed by atoms with van der Waals surface area (Å²) >= 11 is 6.19. The maximum atomic E-state index is 14.6. The molecule has 0 spiro atoms. The number of hydrogen-bond acceptors (Lipinski definition) is 6. The normalized spacial score (nSPS) is 18.3. The van der Waals surface area contributed by atoms with Gasteiger partial charge in [0, 0.05) is 37.7 Å². The lowest BCUT2D eigenvalue weighted by molar-refractivity contribution is -0.149. The van der Waals surface area contributed by atoms with Crippen LogP contribution >= 0.6 is 11.6 Å². The zero-order valence-corrected chi connectivity index (χ0v) is 17.0. The van der Waals surface area contributed by atoms with Crippen molar-refractivity contribution in [1.82, 2.24) is 9.13 Å². The van der Waals surface area contributed by atoms with Gasteiger partial charge in [-0.05, 0) is 26.0 Å². The van der Waals surface area contributed by atoms with Gasteiger partial charge in [-0.3, -0.25) is 9.59 Å². The van der Waals surface area contributed by atoms with Crippen molar-refractivity contribution >= 4 is 23.3 Å². The van der Waals surface area contributed by atoms with E-state index in [1.165, 1.54) is 30.7 Å². The fourth-order valence-corrected chi connectivity index (χ4v) is 3.21. The molecule has 2 aromatic rings. The molecule has 1 aliphatic heterocycles. The number of esters is 1. The van der Waals surface area contributed by atoms with E-state index in [0.717, 1.165) is 10.6 Å². The van der Waals surface area contributed by atoms with E-state index in [-0.39, 0.29) is 23.7 Å². The first kappa shape index (κ1) is 20.8. The quantitative estimate of drug-likeness (QED) is 0.702. The number of aromatic nitrogens is 2. The molecule has 2 heterocycles. The average Bonchev–Trinajstić information content (AvgIpc) is 3.02. The van der Waals surface area contributed by atoms with Crippen LogP contribution in [0.3, 0.4) is 0 Å². The predicted octanol–water partition coefficient (Wildman–Crippen LogP) is 2.08. The van der Waals surface area contributed by atoms with Gasteiger partial charge in [0.05, 0.1) is 16.4 Å². The molecule has 0 fully saturated rings. The maximum Gasteiger partial charge on any atom is 0.335 e. The Labute approximate surface area is 170 Å². The number of nitrogens with zero attached hydrogens (tertiary/aromatic N) is 3. The smallest absolute Gasteiger partial charge is 0.335 e. The molecule has 154 valence electrons. The van der Waals surface area contributed by atoms with Gasteiger partial charge in [0.1, 0.15) is 12.4 Å². The van der Waals surface area contributed by atoms with Gasteiger partial charge in [0.2, 0.25) is 0 Å². The highest BCUT2D eigenvalue weighted by Gasteiger charge is 2.37. The van der Waals surface area contributed by atoms with Crippen LogP contribution in [0.4, 0.5) is 4.39 Å². The molecule has 0 saturated carbocycles. The van der Waals surface area contributed by atoms with Gasteiger partial charge >= 0.3 is 11.7 Å². The minimum absolute atomic E-state index is 0.0288. The Morgan fingerprint density at radius 3 is 2.72 bits per heavy atom. The van der Waals surface area contributed by atoms with Crippen molar-refractivity contribution in [2.75, 3.05) is 6.61 Å². The lowest BCUT2D eigenvalue weighted by atomic mass is 9.96. The highest BCUT2D eigenvalue weighted by molar-refractivity contribution is 6.34. The van der Waals surface area contributed by atoms with Gasteiger partial charge in [0.25, 0.3) is 5.56 Å². The van der Waals surface area contributed by atoms with E-state index < -0.39 is 28.6 Å². The van der Waals surface area contributed by atoms with Crippen molar-refractivity contribution in [2.45, 2.75) is 32.8 Å². The Bertz CT molecular complexity index is 1150. The third-order valence-electron chi connectivity index (χ3n) is 4.65. The lowest BCUT2D eigenvalue weighted by Gasteiger charge is -2.20. The van der Waals surface area contributed by atoms with Crippen molar-refractivity contribution < 1.29 is 18.8 Å². The molecule has 0 saturated heterocycles. The van der Waals surface area contributed by atoms with E-state index in [1.807, 2.05) is 0 Å². The summed E-state index contributed by atoms with van der Waals surface area (Å²) in [6.07, 6.45) is 0.228. The second-order valence-corrected chi connectivity index (χ2v) is 7.53. The lowest BCUT2D eigenvalue weighted by Crippen LogP contribution is -2.38. The number of benzene rings is 1. The molecule has 1 aromatic carbocycles. The van der Waals surface area contributed by atoms with Crippen molar-refractivity contribution in [3.63, 3.8) is 0 Å². The average molecular weight is 424 g/mol. The minimum atomic E-state index is -0.907. The zero-order chi connectivity index (χ0) is 21.5. The highest BCUT2D eigenvalue weighted by atomic mass is 35.5. The molecular weight excluding hydrogens is 405 g/mol. The van der Waals surface area contributed by atoms with E-state index in [2.05, 4.69) is 5.16 Å². The number of ether oxygens (including phenoxy) is 1. The van der Waals surface area contributed by atoms with Gasteiger partial charge < -0.3 is 14.1 Å². The van der Waals surface area contributed by atoms with Crippen LogP contribution in [-0.4, -0.2) is 33.0 Å². The molecule has 0 aliphatic carbocycles. The van der Waals surface area contributed by atoms with E-state index in [0.29, 0.717) is 17.0 Å². The van der Waals surface area contributed by atoms with Gasteiger partial charge in [-0.2, -0.15) is 0 Å². The molecule has 10 heteroatoms. The van der Waals surface area contributed by atoms with Crippen LogP contribution in [0.2, 0.25) is 5.02 Å². The van der Waals surface area contributed by atoms with E-state index >= 15 is 0 Å². The summed E-state index contributed by atoms with van der Waals surface area (Å²) < 4.78 is 21.6. The van der Waals surface area contributed by atoms with Crippen LogP contribution in [-0.2, 0) is 21.4 Å². The molecule has 1 atom stereocenters. The number of rotatable bonds is 4. The van der Waals surface area contributed by atoms with Crippen LogP contribution in [0.15, 0.2) is 32.9 Å². The summed E-state index contributed by atoms with van der Waals surface area (Å²) in [7, 11) is 1.48. The number of aryl methyl sites for hydroxylation is 1. The third-order valence-corrected chi connectivity index (χ3v) is 4.96. The maximum absolute atomic E-state index is 14.6. The first-order chi connectivity index (χ1) is 13.5. The summed E-state index contributed by atoms with van der Waals surface area (Å²) in [5, 5.41) is 4.03. The third kappa shape index (κ3) is 3.95. The van der Waals surface area contributed by atoms with Crippen LogP contribution in [0.5, 0.6) is 0 Å². The van der Waals surface area contributed by atoms with Crippen LogP contribution in [0, 0.1) is 12.7 Å². The van der Waals surface area contributed by atoms with Crippen LogP contribution in [0.1, 0.15) is 31.5 Å². The molecule has 0 bridgehead atoms. The van der Waals surface area contributed by atoms with Gasteiger partial charge in [-0.15, -0.1) is 0 Å². The molecule has 29 heavy (non-hydrogen) atoms. The Balaban J connectivity index is 2.05. The molecule has 0 radical (unpaired) electrons. The number of carbonyl (C=O) groups is 1. The second kappa shape index (κ2) is 7.47. The van der Waals surface area contributed by atoms with E-state index in [1.54, 1.807) is 13.8 Å². The first-order valence-electron chi connectivity index (χ1n) is 8.70. The fourth-order valence-electron chi connectivity index (χ4n) is 2.95. The molecular formula is C19H19ClFN3O5. The van der Waals surface area contributed by atoms with Gasteiger partial charge in [-0.25, -0.2) is 13.8 Å². The summed E-state index contributed by atoms with van der Waals surface area (Å²) in [6.45, 7) is 4.55. The zero-order valence-electron chi connectivity index (χ0n) is 16.3. The number of oxime groups is 1. The standard InChI is InChI=1S/C19H19ClFN3O5/c1-10-5-17(26)24(18(27)23(10)4)16-6-12(13(20)7-14(16)21)15-8-19(3,29-22-15)9-28-11(2)25/h5-7H,8-9H2,1-4H3. The topological polar surface area (TPSA) is 91.9 Å². The summed E-state index contributed by atoms with van der Waals surface area (Å²) in [6, 6.07) is 3.54. The molecule has 8 nitrogen and oxygen atoms in total. The largest absolute Gasteiger partial charge is 0.461 e. The summed E-state index contributed by atoms with van der Waals surface area (Å²) in [5.74, 6) is -1.29. The first-order valence-corrected chi connectivity index (χ1v) is 9.08. The van der Waals surface area contributed by atoms with Crippen molar-refractivity contribution in [1.29, 1.82) is 0 Å². The number of hydrogen-bond donors (Lipinski definition) is 0. The molecule has 3 rings (SSSR count). The van der Waals surface area contributed by atoms with Crippen molar-refractivity contribution in [3.8, 4) is 5.69 Å². The van der Waals surface area contributed by atoms with E-state index in [9.17, 15) is 18.8 Å².